The second-order valence-electron chi connectivity index (χ2n) is 7.50. The lowest BCUT2D eigenvalue weighted by Crippen LogP contribution is -2.08. The van der Waals surface area contributed by atoms with Crippen molar-refractivity contribution < 1.29 is 0 Å². The Morgan fingerprint density at radius 2 is 1.75 bits per heavy atom. The maximum absolute atomic E-state index is 9.85. The van der Waals surface area contributed by atoms with Gasteiger partial charge in [0.15, 0.2) is 5.65 Å². The predicted molar refractivity (Wildman–Crippen MR) is 115 cm³/mol. The quantitative estimate of drug-likeness (QED) is 0.490. The number of aromatic nitrogens is 2. The minimum Gasteiger partial charge on any atom is -0.341 e. The Morgan fingerprint density at radius 1 is 1.04 bits per heavy atom. The van der Waals surface area contributed by atoms with Crippen LogP contribution in [0.25, 0.3) is 16.7 Å². The van der Waals surface area contributed by atoms with Crippen molar-refractivity contribution in [3.63, 3.8) is 0 Å². The molecule has 0 radical (unpaired) electrons. The fourth-order valence-electron chi connectivity index (χ4n) is 3.99. The van der Waals surface area contributed by atoms with E-state index in [2.05, 4.69) is 79.9 Å². The molecule has 0 aliphatic carbocycles. The number of imidazole rings is 1. The Hall–Kier alpha value is -3.32. The van der Waals surface area contributed by atoms with Crippen LogP contribution in [0.4, 0.5) is 11.5 Å². The maximum atomic E-state index is 9.85. The van der Waals surface area contributed by atoms with E-state index < -0.39 is 0 Å². The van der Waals surface area contributed by atoms with E-state index in [1.165, 1.54) is 11.1 Å². The molecular weight excluding hydrogens is 344 g/mol. The molecular formula is C24H24N4. The van der Waals surface area contributed by atoms with Crippen molar-refractivity contribution in [3.05, 3.63) is 69.8 Å². The molecule has 0 amide bonds. The first-order valence-corrected chi connectivity index (χ1v) is 9.63. The number of hydrogen-bond acceptors (Lipinski definition) is 3. The summed E-state index contributed by atoms with van der Waals surface area (Å²) in [5, 5.41) is 13.5. The van der Waals surface area contributed by atoms with Gasteiger partial charge in [-0.05, 0) is 74.6 Å². The van der Waals surface area contributed by atoms with Crippen molar-refractivity contribution in [1.29, 1.82) is 5.26 Å². The zero-order valence-corrected chi connectivity index (χ0v) is 17.0. The molecule has 0 aliphatic rings. The number of nitriles is 1. The first-order valence-electron chi connectivity index (χ1n) is 9.63. The molecule has 0 fully saturated rings. The zero-order valence-electron chi connectivity index (χ0n) is 17.0. The van der Waals surface area contributed by atoms with Gasteiger partial charge in [-0.2, -0.15) is 5.26 Å². The molecule has 0 saturated heterocycles. The van der Waals surface area contributed by atoms with Gasteiger partial charge in [0, 0.05) is 5.69 Å². The van der Waals surface area contributed by atoms with Gasteiger partial charge in [0.1, 0.15) is 11.9 Å². The molecule has 0 saturated carbocycles. The topological polar surface area (TPSA) is 53.1 Å². The highest BCUT2D eigenvalue weighted by molar-refractivity contribution is 5.87. The highest BCUT2D eigenvalue weighted by Gasteiger charge is 2.20. The van der Waals surface area contributed by atoms with Gasteiger partial charge in [-0.25, -0.2) is 4.98 Å². The Bertz CT molecular complexity index is 1270. The molecule has 28 heavy (non-hydrogen) atoms. The van der Waals surface area contributed by atoms with Gasteiger partial charge in [0.25, 0.3) is 0 Å². The standard InChI is InChI=1S/C24H24N4/c1-6-18-17(5)19(13-25)24-27-21-12-15(3)8-10-22(21)28(24)23(18)26-20-9-7-14(2)11-16(20)4/h7-12,26H,6H2,1-5H3. The Morgan fingerprint density at radius 3 is 2.43 bits per heavy atom. The maximum Gasteiger partial charge on any atom is 0.157 e. The van der Waals surface area contributed by atoms with E-state index in [1.54, 1.807) is 0 Å². The number of fused-ring (bicyclic) bond motifs is 3. The Balaban J connectivity index is 2.11. The number of anilines is 2. The van der Waals surface area contributed by atoms with E-state index >= 15 is 0 Å². The Labute approximate surface area is 165 Å². The largest absolute Gasteiger partial charge is 0.341 e. The number of nitrogens with zero attached hydrogens (tertiary/aromatic N) is 3. The monoisotopic (exact) mass is 368 g/mol. The van der Waals surface area contributed by atoms with Crippen LogP contribution in [-0.4, -0.2) is 9.38 Å². The number of nitrogens with one attached hydrogen (secondary N) is 1. The summed E-state index contributed by atoms with van der Waals surface area (Å²) in [6.07, 6.45) is 0.829. The first-order chi connectivity index (χ1) is 13.4. The second kappa shape index (κ2) is 6.69. The van der Waals surface area contributed by atoms with Gasteiger partial charge in [-0.3, -0.25) is 4.40 Å². The van der Waals surface area contributed by atoms with Gasteiger partial charge in [0.05, 0.1) is 16.6 Å². The van der Waals surface area contributed by atoms with E-state index in [1.807, 2.05) is 6.92 Å². The molecule has 4 rings (SSSR count). The van der Waals surface area contributed by atoms with Crippen LogP contribution >= 0.6 is 0 Å². The first kappa shape index (κ1) is 18.1. The zero-order chi connectivity index (χ0) is 20.0. The van der Waals surface area contributed by atoms with Gasteiger partial charge < -0.3 is 5.32 Å². The Kier molecular flexibility index (Phi) is 4.31. The molecule has 4 aromatic rings. The SMILES string of the molecule is CCc1c(C)c(C#N)c2nc3cc(C)ccc3n2c1Nc1ccc(C)cc1C. The summed E-state index contributed by atoms with van der Waals surface area (Å²) < 4.78 is 2.11. The third-order valence-corrected chi connectivity index (χ3v) is 5.47. The van der Waals surface area contributed by atoms with Crippen LogP contribution in [0, 0.1) is 39.0 Å². The van der Waals surface area contributed by atoms with Crippen LogP contribution in [0.3, 0.4) is 0 Å². The summed E-state index contributed by atoms with van der Waals surface area (Å²) in [5.74, 6) is 0.993. The normalized spacial score (nSPS) is 11.1. The highest BCUT2D eigenvalue weighted by Crippen LogP contribution is 2.34. The molecule has 4 nitrogen and oxygen atoms in total. The van der Waals surface area contributed by atoms with Gasteiger partial charge in [-0.15, -0.1) is 0 Å². The fraction of sp³-hybridized carbons (Fsp3) is 0.250. The predicted octanol–water partition coefficient (Wildman–Crippen LogP) is 5.90. The molecule has 0 aliphatic heterocycles. The number of benzene rings is 2. The van der Waals surface area contributed by atoms with Crippen molar-refractivity contribution in [2.45, 2.75) is 41.0 Å². The summed E-state index contributed by atoms with van der Waals surface area (Å²) >= 11 is 0. The van der Waals surface area contributed by atoms with Crippen LogP contribution in [-0.2, 0) is 6.42 Å². The van der Waals surface area contributed by atoms with Crippen LogP contribution in [0.5, 0.6) is 0 Å². The van der Waals surface area contributed by atoms with E-state index in [-0.39, 0.29) is 0 Å². The van der Waals surface area contributed by atoms with Crippen molar-refractivity contribution >= 4 is 28.2 Å². The lowest BCUT2D eigenvalue weighted by Gasteiger charge is -2.19. The lowest BCUT2D eigenvalue weighted by molar-refractivity contribution is 1.05. The van der Waals surface area contributed by atoms with Crippen molar-refractivity contribution in [2.24, 2.45) is 0 Å². The van der Waals surface area contributed by atoms with Crippen LogP contribution in [0.1, 0.15) is 40.3 Å². The average molecular weight is 368 g/mol. The third kappa shape index (κ3) is 2.71. The average Bonchev–Trinajstić information content (AvgIpc) is 3.02. The number of hydrogen-bond donors (Lipinski definition) is 1. The molecule has 0 unspecified atom stereocenters. The molecule has 2 aromatic carbocycles. The third-order valence-electron chi connectivity index (χ3n) is 5.47. The molecule has 0 atom stereocenters. The molecule has 0 spiro atoms. The van der Waals surface area contributed by atoms with Crippen molar-refractivity contribution in [2.75, 3.05) is 5.32 Å². The number of rotatable bonds is 3. The van der Waals surface area contributed by atoms with Gasteiger partial charge in [-0.1, -0.05) is 30.7 Å². The number of pyridine rings is 1. The summed E-state index contributed by atoms with van der Waals surface area (Å²) in [6, 6.07) is 15.1. The summed E-state index contributed by atoms with van der Waals surface area (Å²) in [6.45, 7) is 10.4. The van der Waals surface area contributed by atoms with E-state index in [4.69, 9.17) is 4.98 Å². The van der Waals surface area contributed by atoms with Gasteiger partial charge in [0.2, 0.25) is 0 Å². The summed E-state index contributed by atoms with van der Waals surface area (Å²) in [7, 11) is 0. The van der Waals surface area contributed by atoms with E-state index in [0.717, 1.165) is 45.6 Å². The van der Waals surface area contributed by atoms with E-state index in [0.29, 0.717) is 11.2 Å². The van der Waals surface area contributed by atoms with E-state index in [9.17, 15) is 5.26 Å². The van der Waals surface area contributed by atoms with Crippen molar-refractivity contribution in [3.8, 4) is 6.07 Å². The fourth-order valence-corrected chi connectivity index (χ4v) is 3.99. The molecule has 2 heterocycles. The number of aryl methyl sites for hydroxylation is 3. The minimum atomic E-state index is 0.650. The lowest BCUT2D eigenvalue weighted by atomic mass is 10.0. The molecule has 140 valence electrons. The summed E-state index contributed by atoms with van der Waals surface area (Å²) in [4.78, 5) is 4.82. The van der Waals surface area contributed by atoms with Crippen LogP contribution < -0.4 is 5.32 Å². The molecule has 4 heteroatoms. The summed E-state index contributed by atoms with van der Waals surface area (Å²) in [5.41, 5.74) is 10.1. The van der Waals surface area contributed by atoms with Crippen molar-refractivity contribution in [1.82, 2.24) is 9.38 Å². The highest BCUT2D eigenvalue weighted by atomic mass is 15.1. The van der Waals surface area contributed by atoms with Gasteiger partial charge >= 0.3 is 0 Å². The van der Waals surface area contributed by atoms with Crippen LogP contribution in [0.2, 0.25) is 0 Å². The second-order valence-corrected chi connectivity index (χ2v) is 7.50. The molecule has 0 bridgehead atoms. The minimum absolute atomic E-state index is 0.650. The smallest absolute Gasteiger partial charge is 0.157 e. The molecule has 2 aromatic heterocycles. The van der Waals surface area contributed by atoms with Crippen LogP contribution in [0.15, 0.2) is 36.4 Å². The molecule has 1 N–H and O–H groups in total.